The van der Waals surface area contributed by atoms with E-state index in [0.717, 1.165) is 0 Å². The topological polar surface area (TPSA) is 141 Å². The number of para-hydroxylation sites is 2. The third-order valence-electron chi connectivity index (χ3n) is 7.56. The van der Waals surface area contributed by atoms with Gasteiger partial charge in [0.25, 0.3) is 22.3 Å². The smallest absolute Gasteiger partial charge is 0.286 e. The zero-order valence-electron chi connectivity index (χ0n) is 24.8. The van der Waals surface area contributed by atoms with Gasteiger partial charge in [0.1, 0.15) is 6.04 Å². The Morgan fingerprint density at radius 2 is 1.49 bits per heavy atom. The molecule has 1 saturated heterocycles. The van der Waals surface area contributed by atoms with Gasteiger partial charge >= 0.3 is 0 Å². The van der Waals surface area contributed by atoms with Crippen LogP contribution in [0.2, 0.25) is 0 Å². The van der Waals surface area contributed by atoms with E-state index in [1.807, 2.05) is 6.92 Å². The van der Waals surface area contributed by atoms with E-state index in [9.17, 15) is 24.4 Å². The van der Waals surface area contributed by atoms with Crippen molar-refractivity contribution < 1.29 is 28.7 Å². The van der Waals surface area contributed by atoms with E-state index in [-0.39, 0.29) is 13.2 Å². The Kier molecular flexibility index (Phi) is 9.27. The van der Waals surface area contributed by atoms with E-state index in [1.165, 1.54) is 23.8 Å². The number of fused-ring (bicyclic) bond motifs is 1. The largest absolute Gasteiger partial charge is 0.454 e. The summed E-state index contributed by atoms with van der Waals surface area (Å²) in [6.07, 6.45) is 0.446. The first kappa shape index (κ1) is 31.7. The summed E-state index contributed by atoms with van der Waals surface area (Å²) in [7, 11) is 1.43. The van der Waals surface area contributed by atoms with E-state index < -0.39 is 38.1 Å². The van der Waals surface area contributed by atoms with Gasteiger partial charge in [-0.05, 0) is 78.8 Å². The highest BCUT2D eigenvalue weighted by atomic mass is 32.2. The summed E-state index contributed by atoms with van der Waals surface area (Å²) in [5.74, 6) is -0.419. The van der Waals surface area contributed by atoms with Gasteiger partial charge in [0.05, 0.1) is 6.07 Å². The van der Waals surface area contributed by atoms with E-state index >= 15 is 0 Å². The SMILES string of the molecule is CCCC1(SC(=O)Nc2ccccc2)C(=O)N(C)[C@@](C)(SC(=O)Nc2ccccc2)C(=O)N1[C@H](C#N)c1ccc2c(c1)OCO2. The molecule has 11 nitrogen and oxygen atoms in total. The molecule has 3 aromatic carbocycles. The van der Waals surface area contributed by atoms with Crippen molar-refractivity contribution in [1.82, 2.24) is 9.80 Å². The van der Waals surface area contributed by atoms with E-state index in [2.05, 4.69) is 16.7 Å². The Hall–Kier alpha value is -4.67. The molecule has 2 heterocycles. The fraction of sp³-hybridized carbons (Fsp3) is 0.281. The lowest BCUT2D eigenvalue weighted by atomic mass is 9.95. The maximum Gasteiger partial charge on any atom is 0.286 e. The minimum absolute atomic E-state index is 0.00243. The van der Waals surface area contributed by atoms with Crippen LogP contribution in [0.15, 0.2) is 78.9 Å². The number of ether oxygens (including phenoxy) is 2. The maximum atomic E-state index is 14.8. The van der Waals surface area contributed by atoms with Gasteiger partial charge < -0.3 is 25.0 Å². The highest BCUT2D eigenvalue weighted by molar-refractivity contribution is 8.16. The molecule has 232 valence electrons. The quantitative estimate of drug-likeness (QED) is 0.284. The minimum atomic E-state index is -1.83. The minimum Gasteiger partial charge on any atom is -0.454 e. The standard InChI is InChI=1S/C32H31N5O6S2/c1-4-17-32(45-30(41)35-23-13-9-6-10-14-23)28(39)36(3)31(2,44-29(40)34-22-11-7-5-8-12-22)27(38)37(32)24(19-33)21-15-16-25-26(18-21)43-20-42-25/h5-16,18,24H,4,17,20H2,1-3H3,(H,34,40)(H,35,41)/t24-,31+,32?/m1/s1. The lowest BCUT2D eigenvalue weighted by Gasteiger charge is -2.55. The number of carbonyl (C=O) groups is 4. The van der Waals surface area contributed by atoms with Crippen LogP contribution in [-0.4, -0.2) is 55.7 Å². The molecule has 5 rings (SSSR count). The summed E-state index contributed by atoms with van der Waals surface area (Å²) in [5.41, 5.74) is 1.37. The summed E-state index contributed by atoms with van der Waals surface area (Å²) in [6, 6.07) is 23.1. The third kappa shape index (κ3) is 6.16. The van der Waals surface area contributed by atoms with E-state index in [1.54, 1.807) is 78.9 Å². The number of likely N-dealkylation sites (N-methyl/N-ethyl adjacent to an activating group) is 1. The number of rotatable bonds is 8. The Morgan fingerprint density at radius 3 is 2.07 bits per heavy atom. The van der Waals surface area contributed by atoms with Gasteiger partial charge in [0.2, 0.25) is 6.79 Å². The summed E-state index contributed by atoms with van der Waals surface area (Å²) >= 11 is 1.27. The predicted octanol–water partition coefficient (Wildman–Crippen LogP) is 6.42. The first-order chi connectivity index (χ1) is 21.6. The number of amides is 4. The van der Waals surface area contributed by atoms with Gasteiger partial charge in [0, 0.05) is 18.4 Å². The number of hydrogen-bond acceptors (Lipinski definition) is 9. The molecule has 2 N–H and O–H groups in total. The normalized spacial score (nSPS) is 21.2. The van der Waals surface area contributed by atoms with Gasteiger partial charge in [-0.15, -0.1) is 0 Å². The molecule has 1 unspecified atom stereocenters. The lowest BCUT2D eigenvalue weighted by Crippen LogP contribution is -2.73. The van der Waals surface area contributed by atoms with E-state index in [4.69, 9.17) is 9.47 Å². The van der Waals surface area contributed by atoms with Crippen molar-refractivity contribution in [2.24, 2.45) is 0 Å². The van der Waals surface area contributed by atoms with Crippen molar-refractivity contribution in [3.05, 3.63) is 84.4 Å². The van der Waals surface area contributed by atoms with Crippen LogP contribution >= 0.6 is 23.5 Å². The number of piperazine rings is 1. The second-order valence-corrected chi connectivity index (χ2v) is 13.1. The summed E-state index contributed by atoms with van der Waals surface area (Å²) in [4.78, 5) is 55.0. The van der Waals surface area contributed by atoms with Gasteiger partial charge in [-0.2, -0.15) is 5.26 Å². The van der Waals surface area contributed by atoms with Gasteiger partial charge in [-0.1, -0.05) is 55.8 Å². The molecule has 3 atom stereocenters. The predicted molar refractivity (Wildman–Crippen MR) is 173 cm³/mol. The molecular formula is C32H31N5O6S2. The average Bonchev–Trinajstić information content (AvgIpc) is 3.50. The van der Waals surface area contributed by atoms with Crippen LogP contribution in [-0.2, 0) is 9.59 Å². The molecule has 13 heteroatoms. The molecule has 2 aliphatic heterocycles. The molecule has 0 bridgehead atoms. The highest BCUT2D eigenvalue weighted by Gasteiger charge is 2.64. The Bertz CT molecular complexity index is 1650. The molecule has 0 radical (unpaired) electrons. The number of nitrogens with zero attached hydrogens (tertiary/aromatic N) is 3. The van der Waals surface area contributed by atoms with Gasteiger partial charge in [-0.25, -0.2) is 0 Å². The molecule has 4 amide bonds. The lowest BCUT2D eigenvalue weighted by molar-refractivity contribution is -0.166. The zero-order valence-corrected chi connectivity index (χ0v) is 26.4. The fourth-order valence-electron chi connectivity index (χ4n) is 5.27. The number of benzene rings is 3. The fourth-order valence-corrected chi connectivity index (χ4v) is 7.49. The first-order valence-electron chi connectivity index (χ1n) is 14.1. The Labute approximate surface area is 269 Å². The monoisotopic (exact) mass is 645 g/mol. The number of thioether (sulfide) groups is 2. The van der Waals surface area contributed by atoms with Crippen LogP contribution in [0.5, 0.6) is 11.5 Å². The zero-order chi connectivity index (χ0) is 32.2. The van der Waals surface area contributed by atoms with Crippen molar-refractivity contribution in [1.29, 1.82) is 5.26 Å². The van der Waals surface area contributed by atoms with E-state index in [0.29, 0.717) is 58.4 Å². The van der Waals surface area contributed by atoms with Gasteiger partial charge in [-0.3, -0.25) is 24.1 Å². The van der Waals surface area contributed by atoms with Crippen LogP contribution in [0.3, 0.4) is 0 Å². The number of hydrogen-bond donors (Lipinski definition) is 2. The summed E-state index contributed by atoms with van der Waals surface area (Å²) in [6.45, 7) is 3.29. The Morgan fingerprint density at radius 1 is 0.911 bits per heavy atom. The molecule has 0 aromatic heterocycles. The number of carbonyl (C=O) groups excluding carboxylic acids is 4. The molecule has 0 saturated carbocycles. The Balaban J connectivity index is 1.59. The van der Waals surface area contributed by atoms with Crippen LogP contribution in [0.1, 0.15) is 38.3 Å². The van der Waals surface area contributed by atoms with Crippen molar-refractivity contribution in [2.45, 2.75) is 42.5 Å². The molecule has 1 fully saturated rings. The van der Waals surface area contributed by atoms with Crippen LogP contribution < -0.4 is 20.1 Å². The second-order valence-electron chi connectivity index (χ2n) is 10.5. The second kappa shape index (κ2) is 13.1. The molecule has 45 heavy (non-hydrogen) atoms. The number of anilines is 2. The average molecular weight is 646 g/mol. The summed E-state index contributed by atoms with van der Waals surface area (Å²) < 4.78 is 11.0. The third-order valence-corrected chi connectivity index (χ3v) is 9.89. The molecule has 2 aliphatic rings. The van der Waals surface area contributed by atoms with Crippen LogP contribution in [0, 0.1) is 11.3 Å². The molecule has 0 aliphatic carbocycles. The number of nitrogens with one attached hydrogen (secondary N) is 2. The molecule has 3 aromatic rings. The van der Waals surface area contributed by atoms with Crippen LogP contribution in [0.25, 0.3) is 0 Å². The maximum absolute atomic E-state index is 14.8. The van der Waals surface area contributed by atoms with Crippen molar-refractivity contribution in [3.63, 3.8) is 0 Å². The summed E-state index contributed by atoms with van der Waals surface area (Å²) in [5, 5.41) is 15.0. The van der Waals surface area contributed by atoms with Gasteiger partial charge in [0.15, 0.2) is 21.2 Å². The van der Waals surface area contributed by atoms with Crippen LogP contribution in [0.4, 0.5) is 21.0 Å². The first-order valence-corrected chi connectivity index (χ1v) is 15.8. The number of nitriles is 1. The molecule has 0 spiro atoms. The molecular weight excluding hydrogens is 615 g/mol. The van der Waals surface area contributed by atoms with Crippen molar-refractivity contribution in [2.75, 3.05) is 24.5 Å². The highest BCUT2D eigenvalue weighted by Crippen LogP contribution is 2.51. The van der Waals surface area contributed by atoms with Crippen molar-refractivity contribution >= 4 is 57.2 Å². The van der Waals surface area contributed by atoms with Crippen molar-refractivity contribution in [3.8, 4) is 17.6 Å².